The van der Waals surface area contributed by atoms with E-state index in [2.05, 4.69) is 15.1 Å². The summed E-state index contributed by atoms with van der Waals surface area (Å²) >= 11 is 0. The number of fused-ring (bicyclic) bond motifs is 1. The Hall–Kier alpha value is -2.09. The Bertz CT molecular complexity index is 591. The fraction of sp³-hybridized carbons (Fsp3) is 0.182. The molecule has 0 aliphatic carbocycles. The lowest BCUT2D eigenvalue weighted by Crippen LogP contribution is -2.09. The maximum Gasteiger partial charge on any atom is 0.387 e. The number of anilines is 1. The number of benzene rings is 1. The minimum absolute atomic E-state index is 0.106. The number of rotatable bonds is 4. The molecule has 2 rings (SSSR count). The normalized spacial score (nSPS) is 11.3. The van der Waals surface area contributed by atoms with E-state index in [0.717, 1.165) is 6.07 Å². The number of ether oxygens (including phenoxy) is 1. The van der Waals surface area contributed by atoms with Gasteiger partial charge < -0.3 is 10.2 Å². The summed E-state index contributed by atoms with van der Waals surface area (Å²) in [6.45, 7) is -2.97. The highest BCUT2D eigenvalue weighted by Crippen LogP contribution is 2.30. The second-order valence-electron chi connectivity index (χ2n) is 3.60. The van der Waals surface area contributed by atoms with Crippen molar-refractivity contribution in [1.82, 2.24) is 4.98 Å². The van der Waals surface area contributed by atoms with E-state index in [0.29, 0.717) is 5.39 Å². The van der Waals surface area contributed by atoms with Gasteiger partial charge in [0.05, 0.1) is 11.2 Å². The van der Waals surface area contributed by atoms with Crippen LogP contribution >= 0.6 is 0 Å². The van der Waals surface area contributed by atoms with E-state index >= 15 is 0 Å². The number of nitrogens with one attached hydrogen (secondary N) is 1. The number of hydrogen-bond donors (Lipinski definition) is 2. The summed E-state index contributed by atoms with van der Waals surface area (Å²) in [4.78, 5) is 3.71. The van der Waals surface area contributed by atoms with Gasteiger partial charge in [0, 0.05) is 5.39 Å². The number of nitrogen functional groups attached to an aromatic ring is 1. The van der Waals surface area contributed by atoms with E-state index in [1.165, 1.54) is 18.2 Å². The van der Waals surface area contributed by atoms with Crippen molar-refractivity contribution in [3.63, 3.8) is 0 Å². The molecule has 0 aliphatic rings. The molecule has 1 aromatic carbocycles. The molecule has 3 N–H and O–H groups in total. The van der Waals surface area contributed by atoms with Gasteiger partial charge in [-0.3, -0.25) is 5.84 Å². The molecule has 0 radical (unpaired) electrons. The van der Waals surface area contributed by atoms with Crippen molar-refractivity contribution in [2.45, 2.75) is 13.0 Å². The SMILES string of the molecule is NNc1cc(C(F)F)nc2ccc(OC(F)F)cc12. The third kappa shape index (κ3) is 2.84. The molecule has 0 fully saturated rings. The molecule has 4 nitrogen and oxygen atoms in total. The molecule has 0 saturated heterocycles. The first-order valence-corrected chi connectivity index (χ1v) is 5.15. The Labute approximate surface area is 105 Å². The minimum Gasteiger partial charge on any atom is -0.435 e. The van der Waals surface area contributed by atoms with Gasteiger partial charge in [0.25, 0.3) is 6.43 Å². The molecule has 1 heterocycles. The van der Waals surface area contributed by atoms with Crippen LogP contribution in [0.15, 0.2) is 24.3 Å². The summed E-state index contributed by atoms with van der Waals surface area (Å²) in [7, 11) is 0. The number of pyridine rings is 1. The Kier molecular flexibility index (Phi) is 3.70. The van der Waals surface area contributed by atoms with E-state index in [1.54, 1.807) is 0 Å². The standard InChI is InChI=1S/C11H9F4N3O/c12-10(13)9-4-8(18-16)6-3-5(19-11(14)15)1-2-7(6)17-9/h1-4,10-11H,16H2,(H,17,18). The molecule has 0 saturated carbocycles. The maximum atomic E-state index is 12.6. The number of alkyl halides is 4. The fourth-order valence-corrected chi connectivity index (χ4v) is 1.63. The van der Waals surface area contributed by atoms with Crippen LogP contribution in [0.2, 0.25) is 0 Å². The van der Waals surface area contributed by atoms with Crippen molar-refractivity contribution in [2.75, 3.05) is 5.43 Å². The van der Waals surface area contributed by atoms with Gasteiger partial charge in [-0.25, -0.2) is 13.8 Å². The zero-order valence-corrected chi connectivity index (χ0v) is 9.41. The van der Waals surface area contributed by atoms with Gasteiger partial charge in [0.1, 0.15) is 11.4 Å². The van der Waals surface area contributed by atoms with Gasteiger partial charge in [0.15, 0.2) is 0 Å². The predicted octanol–water partition coefficient (Wildman–Crippen LogP) is 3.06. The average molecular weight is 275 g/mol. The first-order valence-electron chi connectivity index (χ1n) is 5.15. The lowest BCUT2D eigenvalue weighted by atomic mass is 10.1. The number of hydrogen-bond acceptors (Lipinski definition) is 4. The summed E-state index contributed by atoms with van der Waals surface area (Å²) in [5.74, 6) is 5.12. The van der Waals surface area contributed by atoms with Gasteiger partial charge in [-0.1, -0.05) is 0 Å². The second-order valence-corrected chi connectivity index (χ2v) is 3.60. The molecule has 0 unspecified atom stereocenters. The van der Waals surface area contributed by atoms with Crippen LogP contribution in [0.25, 0.3) is 10.9 Å². The lowest BCUT2D eigenvalue weighted by Gasteiger charge is -2.10. The highest BCUT2D eigenvalue weighted by Gasteiger charge is 2.14. The third-order valence-corrected chi connectivity index (χ3v) is 2.40. The molecular weight excluding hydrogens is 266 g/mol. The number of aromatic nitrogens is 1. The van der Waals surface area contributed by atoms with E-state index in [-0.39, 0.29) is 17.0 Å². The van der Waals surface area contributed by atoms with E-state index < -0.39 is 18.7 Å². The van der Waals surface area contributed by atoms with Crippen LogP contribution in [0, 0.1) is 0 Å². The highest BCUT2D eigenvalue weighted by molar-refractivity contribution is 5.92. The molecule has 19 heavy (non-hydrogen) atoms. The molecule has 0 atom stereocenters. The maximum absolute atomic E-state index is 12.6. The third-order valence-electron chi connectivity index (χ3n) is 2.40. The predicted molar refractivity (Wildman–Crippen MR) is 61.1 cm³/mol. The fourth-order valence-electron chi connectivity index (χ4n) is 1.63. The average Bonchev–Trinajstić information content (AvgIpc) is 2.36. The van der Waals surface area contributed by atoms with Gasteiger partial charge in [-0.15, -0.1) is 0 Å². The number of nitrogens with zero attached hydrogens (tertiary/aromatic N) is 1. The quantitative estimate of drug-likeness (QED) is 0.511. The van der Waals surface area contributed by atoms with Gasteiger partial charge in [0.2, 0.25) is 0 Å². The lowest BCUT2D eigenvalue weighted by molar-refractivity contribution is -0.0497. The van der Waals surface area contributed by atoms with Crippen molar-refractivity contribution in [2.24, 2.45) is 5.84 Å². The molecule has 1 aromatic heterocycles. The van der Waals surface area contributed by atoms with Crippen LogP contribution in [0.3, 0.4) is 0 Å². The molecule has 0 bridgehead atoms. The Morgan fingerprint density at radius 3 is 2.47 bits per heavy atom. The molecule has 8 heteroatoms. The van der Waals surface area contributed by atoms with Gasteiger partial charge in [-0.2, -0.15) is 8.78 Å². The summed E-state index contributed by atoms with van der Waals surface area (Å²) in [5.41, 5.74) is 2.13. The van der Waals surface area contributed by atoms with Crippen molar-refractivity contribution in [1.29, 1.82) is 0 Å². The molecule has 2 aromatic rings. The van der Waals surface area contributed by atoms with Crippen LogP contribution in [0.4, 0.5) is 23.2 Å². The topological polar surface area (TPSA) is 60.2 Å². The van der Waals surface area contributed by atoms with E-state index in [9.17, 15) is 17.6 Å². The van der Waals surface area contributed by atoms with E-state index in [4.69, 9.17) is 5.84 Å². The number of nitrogens with two attached hydrogens (primary N) is 1. The molecule has 102 valence electrons. The van der Waals surface area contributed by atoms with Gasteiger partial charge >= 0.3 is 6.61 Å². The van der Waals surface area contributed by atoms with Gasteiger partial charge in [-0.05, 0) is 24.3 Å². The Balaban J connectivity index is 2.55. The highest BCUT2D eigenvalue weighted by atomic mass is 19.3. The van der Waals surface area contributed by atoms with Crippen molar-refractivity contribution in [3.8, 4) is 5.75 Å². The van der Waals surface area contributed by atoms with Crippen LogP contribution in [0.1, 0.15) is 12.1 Å². The van der Waals surface area contributed by atoms with Crippen LogP contribution in [-0.2, 0) is 0 Å². The minimum atomic E-state index is -2.97. The zero-order chi connectivity index (χ0) is 14.0. The smallest absolute Gasteiger partial charge is 0.387 e. The molecular formula is C11H9F4N3O. The first-order chi connectivity index (χ1) is 9.01. The number of halogens is 4. The summed E-state index contributed by atoms with van der Waals surface area (Å²) in [6.07, 6.45) is -2.76. The zero-order valence-electron chi connectivity index (χ0n) is 9.41. The largest absolute Gasteiger partial charge is 0.435 e. The Morgan fingerprint density at radius 1 is 1.16 bits per heavy atom. The van der Waals surface area contributed by atoms with Crippen LogP contribution in [0.5, 0.6) is 5.75 Å². The van der Waals surface area contributed by atoms with E-state index in [1.807, 2.05) is 0 Å². The summed E-state index contributed by atoms with van der Waals surface area (Å²) in [5, 5.41) is 0.310. The first kappa shape index (κ1) is 13.3. The molecule has 0 aliphatic heterocycles. The van der Waals surface area contributed by atoms with Crippen molar-refractivity contribution >= 4 is 16.6 Å². The second kappa shape index (κ2) is 5.27. The van der Waals surface area contributed by atoms with Crippen LogP contribution in [-0.4, -0.2) is 11.6 Å². The summed E-state index contributed by atoms with van der Waals surface area (Å²) in [6, 6.07) is 4.83. The number of hydrazine groups is 1. The van der Waals surface area contributed by atoms with Crippen LogP contribution < -0.4 is 16.0 Å². The Morgan fingerprint density at radius 2 is 1.89 bits per heavy atom. The molecule has 0 amide bonds. The monoisotopic (exact) mass is 275 g/mol. The molecule has 0 spiro atoms. The summed E-state index contributed by atoms with van der Waals surface area (Å²) < 4.78 is 53.6. The van der Waals surface area contributed by atoms with Crippen molar-refractivity contribution < 1.29 is 22.3 Å². The van der Waals surface area contributed by atoms with Crippen molar-refractivity contribution in [3.05, 3.63) is 30.0 Å².